The lowest BCUT2D eigenvalue weighted by Crippen LogP contribution is -2.14. The van der Waals surface area contributed by atoms with E-state index < -0.39 is 23.9 Å². The molecule has 16 heteroatoms. The molecule has 0 aliphatic carbocycles. The first kappa shape index (κ1) is 57.6. The predicted octanol–water partition coefficient (Wildman–Crippen LogP) is 8.73. The fourth-order valence-corrected chi connectivity index (χ4v) is 5.94. The van der Waals surface area contributed by atoms with Gasteiger partial charge in [0.25, 0.3) is 0 Å². The first-order chi connectivity index (χ1) is 33.4. The minimum absolute atomic E-state index is 0.0322. The largest absolute Gasteiger partial charge is 0.488 e. The lowest BCUT2D eigenvalue weighted by atomic mass is 10.0. The molecule has 0 aliphatic rings. The van der Waals surface area contributed by atoms with Crippen LogP contribution in [0.25, 0.3) is 0 Å². The molecule has 378 valence electrons. The van der Waals surface area contributed by atoms with Crippen LogP contribution in [0.3, 0.4) is 0 Å². The number of Topliss-reactive ketones (excluding diaryl/α,β-unsaturated/α-hetero) is 1. The third-order valence-electron chi connectivity index (χ3n) is 9.47. The van der Waals surface area contributed by atoms with E-state index in [1.165, 1.54) is 6.92 Å². The zero-order valence-corrected chi connectivity index (χ0v) is 41.2. The number of esters is 4. The highest BCUT2D eigenvalue weighted by Gasteiger charge is 2.18. The summed E-state index contributed by atoms with van der Waals surface area (Å²) in [5, 5.41) is 0. The number of ketones is 1. The quantitative estimate of drug-likeness (QED) is 0.0179. The van der Waals surface area contributed by atoms with Crippen LogP contribution in [-0.4, -0.2) is 95.7 Å². The van der Waals surface area contributed by atoms with Crippen molar-refractivity contribution in [3.05, 3.63) is 149 Å². The molecule has 3 aromatic carbocycles. The fourth-order valence-electron chi connectivity index (χ4n) is 5.94. The first-order valence-corrected chi connectivity index (χ1v) is 22.6. The van der Waals surface area contributed by atoms with E-state index in [-0.39, 0.29) is 115 Å². The van der Waals surface area contributed by atoms with Crippen LogP contribution in [0.15, 0.2) is 122 Å². The summed E-state index contributed by atoms with van der Waals surface area (Å²) in [5.41, 5.74) is 7.46. The second-order valence-electron chi connectivity index (χ2n) is 16.1. The topological polar surface area (TPSA) is 181 Å². The van der Waals surface area contributed by atoms with E-state index >= 15 is 0 Å². The smallest absolute Gasteiger partial charge is 0.333 e. The van der Waals surface area contributed by atoms with Gasteiger partial charge in [0, 0.05) is 52.7 Å². The monoisotopic (exact) mass is 969 g/mol. The summed E-state index contributed by atoms with van der Waals surface area (Å²) in [6, 6.07) is 19.6. The van der Waals surface area contributed by atoms with Crippen molar-refractivity contribution >= 4 is 46.7 Å². The molecular formula is C54H67NO15. The Labute approximate surface area is 411 Å². The summed E-state index contributed by atoms with van der Waals surface area (Å²) in [6.45, 7) is 28.1. The summed E-state index contributed by atoms with van der Waals surface area (Å²) in [5.74, 6) is -2.19. The van der Waals surface area contributed by atoms with Crippen molar-refractivity contribution < 1.29 is 71.3 Å². The molecule has 0 aromatic heterocycles. The van der Waals surface area contributed by atoms with Gasteiger partial charge < -0.3 is 52.3 Å². The highest BCUT2D eigenvalue weighted by molar-refractivity contribution is 5.90. The molecule has 3 aromatic rings. The lowest BCUT2D eigenvalue weighted by molar-refractivity contribution is -0.141. The Kier molecular flexibility index (Phi) is 25.9. The highest BCUT2D eigenvalue weighted by atomic mass is 16.6. The van der Waals surface area contributed by atoms with Crippen molar-refractivity contribution in [2.75, 3.05) is 71.0 Å². The molecular weight excluding hydrogens is 903 g/mol. The number of nitrogens with zero attached hydrogens (tertiary/aromatic N) is 1. The molecule has 16 nitrogen and oxygen atoms in total. The second kappa shape index (κ2) is 31.4. The van der Waals surface area contributed by atoms with Gasteiger partial charge in [-0.3, -0.25) is 4.79 Å². The van der Waals surface area contributed by atoms with E-state index in [4.69, 9.17) is 47.4 Å². The molecule has 0 atom stereocenters. The van der Waals surface area contributed by atoms with Crippen molar-refractivity contribution in [1.82, 2.24) is 0 Å². The van der Waals surface area contributed by atoms with Gasteiger partial charge in [-0.25, -0.2) is 19.2 Å². The number of hydrogen-bond acceptors (Lipinski definition) is 16. The zero-order valence-electron chi connectivity index (χ0n) is 41.2. The number of carbonyl (C=O) groups is 5. The number of hydrogen-bond donors (Lipinski definition) is 0. The van der Waals surface area contributed by atoms with Crippen LogP contribution >= 0.6 is 0 Å². The Bertz CT molecular complexity index is 2240. The molecule has 0 unspecified atom stereocenters. The van der Waals surface area contributed by atoms with E-state index in [0.29, 0.717) is 24.2 Å². The number of benzene rings is 3. The molecule has 0 saturated carbocycles. The maximum Gasteiger partial charge on any atom is 0.333 e. The van der Waals surface area contributed by atoms with Gasteiger partial charge in [-0.2, -0.15) is 0 Å². The SMILES string of the molecule is C=C(C)C(=O)OCCCOCc1cc(COCCOC(=O)C(=C)C)cc(N(c2ccc(COCCOC(=O)C(=C)C)cc2)c2cc(COCCOC(=C)C(C)=O)cc(COCCOC(=O)C(=C)C)c2)c1. The number of ether oxygens (including phenoxy) is 10. The van der Waals surface area contributed by atoms with E-state index in [1.807, 2.05) is 60.7 Å². The van der Waals surface area contributed by atoms with E-state index in [2.05, 4.69) is 37.8 Å². The van der Waals surface area contributed by atoms with Crippen LogP contribution < -0.4 is 4.90 Å². The van der Waals surface area contributed by atoms with Crippen LogP contribution in [0.2, 0.25) is 0 Å². The Balaban J connectivity index is 2.06. The zero-order chi connectivity index (χ0) is 51.4. The van der Waals surface area contributed by atoms with Gasteiger partial charge in [-0.15, -0.1) is 0 Å². The van der Waals surface area contributed by atoms with Gasteiger partial charge >= 0.3 is 23.9 Å². The van der Waals surface area contributed by atoms with Crippen molar-refractivity contribution in [3.8, 4) is 0 Å². The summed E-state index contributed by atoms with van der Waals surface area (Å²) in [6.07, 6.45) is 0.465. The van der Waals surface area contributed by atoms with Crippen LogP contribution in [0, 0.1) is 0 Å². The number of allylic oxidation sites excluding steroid dienone is 1. The Morgan fingerprint density at radius 2 is 0.686 bits per heavy atom. The molecule has 0 fully saturated rings. The molecule has 0 spiro atoms. The summed E-state index contributed by atoms with van der Waals surface area (Å²) < 4.78 is 56.2. The van der Waals surface area contributed by atoms with E-state index in [1.54, 1.807) is 27.7 Å². The summed E-state index contributed by atoms with van der Waals surface area (Å²) in [7, 11) is 0. The molecule has 0 saturated heterocycles. The molecule has 0 bridgehead atoms. The van der Waals surface area contributed by atoms with Crippen molar-refractivity contribution in [1.29, 1.82) is 0 Å². The standard InChI is InChI=1S/C54H67NO15/c1-37(2)51(57)67-17-11-16-61-33-44-26-45(35-64-20-24-69-53(59)39(5)6)29-49(28-44)55(48-14-12-43(13-15-48)32-62-19-23-68-52(58)38(3)4)50-30-46(34-63-18-22-66-42(10)41(9)56)27-47(31-50)36-65-21-25-70-54(60)40(7)8/h12-15,26-31H,1,3,5,7,10-11,16-25,32-36H2,2,4,6,8-9H3. The van der Waals surface area contributed by atoms with Crippen LogP contribution in [0.5, 0.6) is 0 Å². The molecule has 70 heavy (non-hydrogen) atoms. The molecule has 0 heterocycles. The Morgan fingerprint density at radius 3 is 1.03 bits per heavy atom. The van der Waals surface area contributed by atoms with E-state index in [0.717, 1.165) is 44.9 Å². The van der Waals surface area contributed by atoms with Gasteiger partial charge in [0.1, 0.15) is 26.4 Å². The number of carbonyl (C=O) groups excluding carboxylic acids is 5. The minimum Gasteiger partial charge on any atom is -0.488 e. The molecule has 0 radical (unpaired) electrons. The minimum atomic E-state index is -0.508. The Morgan fingerprint density at radius 1 is 0.371 bits per heavy atom. The third kappa shape index (κ3) is 22.2. The number of anilines is 3. The van der Waals surface area contributed by atoms with Crippen LogP contribution in [0.4, 0.5) is 17.1 Å². The average Bonchev–Trinajstić information content (AvgIpc) is 3.32. The lowest BCUT2D eigenvalue weighted by Gasteiger charge is -2.28. The van der Waals surface area contributed by atoms with Crippen LogP contribution in [0.1, 0.15) is 68.9 Å². The normalized spacial score (nSPS) is 10.7. The van der Waals surface area contributed by atoms with Gasteiger partial charge in [0.15, 0.2) is 11.5 Å². The third-order valence-corrected chi connectivity index (χ3v) is 9.47. The summed E-state index contributed by atoms with van der Waals surface area (Å²) >= 11 is 0. The van der Waals surface area contributed by atoms with Gasteiger partial charge in [0.05, 0.1) is 72.7 Å². The maximum atomic E-state index is 12.0. The summed E-state index contributed by atoms with van der Waals surface area (Å²) in [4.78, 5) is 61.4. The molecule has 0 aliphatic heterocycles. The predicted molar refractivity (Wildman–Crippen MR) is 263 cm³/mol. The molecule has 0 N–H and O–H groups in total. The first-order valence-electron chi connectivity index (χ1n) is 22.6. The van der Waals surface area contributed by atoms with Crippen molar-refractivity contribution in [2.24, 2.45) is 0 Å². The van der Waals surface area contributed by atoms with Crippen molar-refractivity contribution in [3.63, 3.8) is 0 Å². The Hall–Kier alpha value is -6.69. The van der Waals surface area contributed by atoms with Crippen molar-refractivity contribution in [2.45, 2.75) is 74.1 Å². The average molecular weight is 970 g/mol. The number of rotatable bonds is 35. The van der Waals surface area contributed by atoms with Gasteiger partial charge in [-0.1, -0.05) is 57.2 Å². The van der Waals surface area contributed by atoms with Crippen LogP contribution in [-0.2, 0) is 104 Å². The fraction of sp³-hybridized carbons (Fsp3) is 0.389. The second-order valence-corrected chi connectivity index (χ2v) is 16.1. The highest BCUT2D eigenvalue weighted by Crippen LogP contribution is 2.37. The van der Waals surface area contributed by atoms with E-state index in [9.17, 15) is 24.0 Å². The van der Waals surface area contributed by atoms with Gasteiger partial charge in [-0.05, 0) is 91.9 Å². The molecule has 3 rings (SSSR count). The molecule has 0 amide bonds. The maximum absolute atomic E-state index is 12.0. The van der Waals surface area contributed by atoms with Gasteiger partial charge in [0.2, 0.25) is 0 Å².